The zero-order chi connectivity index (χ0) is 27.2. The molecule has 0 saturated carbocycles. The minimum absolute atomic E-state index is 0.0950. The highest BCUT2D eigenvalue weighted by Gasteiger charge is 2.37. The van der Waals surface area contributed by atoms with E-state index in [1.807, 2.05) is 36.4 Å². The van der Waals surface area contributed by atoms with E-state index in [9.17, 15) is 4.79 Å². The van der Waals surface area contributed by atoms with Gasteiger partial charge in [0.15, 0.2) is 0 Å². The number of ketones is 1. The van der Waals surface area contributed by atoms with Crippen molar-refractivity contribution < 1.29 is 18.8 Å². The van der Waals surface area contributed by atoms with Gasteiger partial charge in [0.1, 0.15) is 29.9 Å². The SMILES string of the molecule is CC(C)(C)c1cc(CC(=O)Cc2ccc(C#CC3=CN=[N+]4C(OCCN5CCCCC5)=CC=NC34)cc2)no1. The van der Waals surface area contributed by atoms with Crippen molar-refractivity contribution in [3.05, 3.63) is 76.6 Å². The number of piperidine rings is 1. The zero-order valence-corrected chi connectivity index (χ0v) is 23.0. The Morgan fingerprint density at radius 2 is 1.92 bits per heavy atom. The molecule has 3 aliphatic rings. The molecule has 0 N–H and O–H groups in total. The zero-order valence-electron chi connectivity index (χ0n) is 23.0. The van der Waals surface area contributed by atoms with Crippen LogP contribution in [0.5, 0.6) is 0 Å². The Kier molecular flexibility index (Phi) is 8.18. The highest BCUT2D eigenvalue weighted by Crippen LogP contribution is 2.24. The maximum Gasteiger partial charge on any atom is 0.397 e. The fourth-order valence-electron chi connectivity index (χ4n) is 4.74. The van der Waals surface area contributed by atoms with Crippen molar-refractivity contribution in [1.82, 2.24) is 10.1 Å². The van der Waals surface area contributed by atoms with Gasteiger partial charge >= 0.3 is 12.0 Å². The van der Waals surface area contributed by atoms with Crippen molar-refractivity contribution >= 4 is 12.0 Å². The molecule has 1 aromatic carbocycles. The Labute approximate surface area is 230 Å². The van der Waals surface area contributed by atoms with Gasteiger partial charge in [-0.1, -0.05) is 56.3 Å². The summed E-state index contributed by atoms with van der Waals surface area (Å²) in [7, 11) is 0. The highest BCUT2D eigenvalue weighted by molar-refractivity contribution is 5.82. The van der Waals surface area contributed by atoms with Crippen LogP contribution in [0.25, 0.3) is 0 Å². The van der Waals surface area contributed by atoms with Crippen LogP contribution in [0.2, 0.25) is 0 Å². The molecule has 8 nitrogen and oxygen atoms in total. The number of carbonyl (C=O) groups is 1. The molecular weight excluding hydrogens is 490 g/mol. The van der Waals surface area contributed by atoms with Gasteiger partial charge in [0.05, 0.1) is 18.2 Å². The summed E-state index contributed by atoms with van der Waals surface area (Å²) in [5.41, 5.74) is 3.17. The largest absolute Gasteiger partial charge is 0.441 e. The quantitative estimate of drug-likeness (QED) is 0.365. The Morgan fingerprint density at radius 1 is 1.13 bits per heavy atom. The average Bonchev–Trinajstić information content (AvgIpc) is 3.57. The van der Waals surface area contributed by atoms with Crippen LogP contribution in [-0.2, 0) is 27.8 Å². The standard InChI is InChI=1S/C31H36N5O3/c1-31(2,3)28-21-26(34-39-28)20-27(37)19-24-9-7-23(8-10-24)11-12-25-22-33-36-29(13-14-32-30(25)36)38-18-17-35-15-5-4-6-16-35/h7-10,13-14,21-22,30H,4-6,15-20H2,1-3H3/q+1. The number of hydrogen-bond acceptors (Lipinski definition) is 7. The fraction of sp³-hybridized carbons (Fsp3) is 0.452. The molecular formula is C31H36N5O3+. The molecule has 3 aliphatic heterocycles. The number of rotatable bonds is 8. The van der Waals surface area contributed by atoms with Crippen LogP contribution in [0.15, 0.2) is 68.7 Å². The molecule has 39 heavy (non-hydrogen) atoms. The van der Waals surface area contributed by atoms with Gasteiger partial charge in [-0.15, -0.1) is 0 Å². The summed E-state index contributed by atoms with van der Waals surface area (Å²) in [5, 5.41) is 8.55. The molecule has 1 atom stereocenters. The lowest BCUT2D eigenvalue weighted by molar-refractivity contribution is -0.591. The summed E-state index contributed by atoms with van der Waals surface area (Å²) in [4.78, 5) is 19.6. The first-order valence-electron chi connectivity index (χ1n) is 13.7. The average molecular weight is 527 g/mol. The molecule has 2 aromatic rings. The van der Waals surface area contributed by atoms with Gasteiger partial charge in [-0.2, -0.15) is 0 Å². The van der Waals surface area contributed by atoms with E-state index in [0.717, 1.165) is 42.1 Å². The number of ether oxygens (including phenoxy) is 1. The van der Waals surface area contributed by atoms with Crippen molar-refractivity contribution in [2.45, 2.75) is 64.5 Å². The van der Waals surface area contributed by atoms with E-state index in [0.29, 0.717) is 24.6 Å². The van der Waals surface area contributed by atoms with Gasteiger partial charge in [-0.05, 0) is 53.4 Å². The van der Waals surface area contributed by atoms with Gasteiger partial charge in [-0.3, -0.25) is 9.69 Å². The lowest BCUT2D eigenvalue weighted by Gasteiger charge is -2.26. The molecule has 0 spiro atoms. The number of Topliss-reactive ketones (excluding diaryl/α,β-unsaturated/α-hetero) is 1. The third-order valence-corrected chi connectivity index (χ3v) is 6.99. The monoisotopic (exact) mass is 526 g/mol. The molecule has 0 radical (unpaired) electrons. The van der Waals surface area contributed by atoms with Crippen LogP contribution >= 0.6 is 0 Å². The number of fused-ring (bicyclic) bond motifs is 1. The van der Waals surface area contributed by atoms with E-state index in [1.165, 1.54) is 19.3 Å². The van der Waals surface area contributed by atoms with E-state index in [1.54, 1.807) is 17.1 Å². The van der Waals surface area contributed by atoms with Gasteiger partial charge < -0.3 is 9.26 Å². The van der Waals surface area contributed by atoms with Crippen molar-refractivity contribution in [1.29, 1.82) is 0 Å². The number of allylic oxidation sites excluding steroid dienone is 1. The normalized spacial score (nSPS) is 18.9. The Bertz CT molecular complexity index is 1370. The van der Waals surface area contributed by atoms with E-state index >= 15 is 0 Å². The summed E-state index contributed by atoms with van der Waals surface area (Å²) in [6, 6.07) is 9.64. The van der Waals surface area contributed by atoms with Crippen LogP contribution in [0, 0.1) is 11.8 Å². The summed E-state index contributed by atoms with van der Waals surface area (Å²) < 4.78 is 13.2. The number of hydrogen-bond donors (Lipinski definition) is 0. The Morgan fingerprint density at radius 3 is 2.67 bits per heavy atom. The third-order valence-electron chi connectivity index (χ3n) is 6.99. The predicted molar refractivity (Wildman–Crippen MR) is 148 cm³/mol. The molecule has 8 heteroatoms. The molecule has 0 bridgehead atoms. The van der Waals surface area contributed by atoms with Crippen LogP contribution in [0.1, 0.15) is 62.6 Å². The fourth-order valence-corrected chi connectivity index (χ4v) is 4.74. The van der Waals surface area contributed by atoms with Crippen LogP contribution in [0.4, 0.5) is 0 Å². The maximum atomic E-state index is 12.6. The number of aliphatic imine (C=N–C) groups is 1. The molecule has 1 aromatic heterocycles. The number of aromatic nitrogens is 1. The molecule has 1 unspecified atom stereocenters. The number of azo groups is 2. The molecule has 1 fully saturated rings. The van der Waals surface area contributed by atoms with Gasteiger partial charge in [0, 0.05) is 36.2 Å². The van der Waals surface area contributed by atoms with Crippen molar-refractivity contribution in [3.8, 4) is 11.8 Å². The first-order valence-corrected chi connectivity index (χ1v) is 13.7. The number of carbonyl (C=O) groups excluding carboxylic acids is 1. The Hall–Kier alpha value is -3.83. The molecule has 4 heterocycles. The Balaban J connectivity index is 1.11. The van der Waals surface area contributed by atoms with E-state index < -0.39 is 0 Å². The molecule has 1 saturated heterocycles. The van der Waals surface area contributed by atoms with E-state index in [2.05, 4.69) is 52.8 Å². The second-order valence-corrected chi connectivity index (χ2v) is 11.2. The minimum atomic E-state index is -0.292. The smallest absolute Gasteiger partial charge is 0.397 e. The molecule has 0 amide bonds. The summed E-state index contributed by atoms with van der Waals surface area (Å²) in [5.74, 6) is 8.01. The van der Waals surface area contributed by atoms with Gasteiger partial charge in [0.2, 0.25) is 0 Å². The second-order valence-electron chi connectivity index (χ2n) is 11.2. The van der Waals surface area contributed by atoms with Crippen LogP contribution in [0.3, 0.4) is 0 Å². The van der Waals surface area contributed by atoms with Gasteiger partial charge in [0.25, 0.3) is 0 Å². The second kappa shape index (κ2) is 11.9. The third kappa shape index (κ3) is 6.98. The minimum Gasteiger partial charge on any atom is -0.441 e. The first kappa shape index (κ1) is 26.8. The number of nitrogens with zero attached hydrogens (tertiary/aromatic N) is 5. The number of benzene rings is 1. The van der Waals surface area contributed by atoms with Crippen molar-refractivity contribution in [2.75, 3.05) is 26.2 Å². The highest BCUT2D eigenvalue weighted by atomic mass is 16.5. The van der Waals surface area contributed by atoms with Crippen molar-refractivity contribution in [3.63, 3.8) is 0 Å². The summed E-state index contributed by atoms with van der Waals surface area (Å²) >= 11 is 0. The lowest BCUT2D eigenvalue weighted by atomic mass is 9.93. The molecule has 0 aliphatic carbocycles. The number of likely N-dealkylation sites (tertiary alicyclic amines) is 1. The van der Waals surface area contributed by atoms with E-state index in [-0.39, 0.29) is 23.8 Å². The predicted octanol–water partition coefficient (Wildman–Crippen LogP) is 4.79. The summed E-state index contributed by atoms with van der Waals surface area (Å²) in [6.07, 6.45) is 9.56. The molecule has 202 valence electrons. The lowest BCUT2D eigenvalue weighted by Crippen LogP contribution is -2.33. The first-order chi connectivity index (χ1) is 18.8. The van der Waals surface area contributed by atoms with Crippen LogP contribution in [-0.4, -0.2) is 59.2 Å². The van der Waals surface area contributed by atoms with Crippen LogP contribution < -0.4 is 0 Å². The van der Waals surface area contributed by atoms with Crippen molar-refractivity contribution in [2.24, 2.45) is 10.1 Å². The topological polar surface area (TPSA) is 83.3 Å². The summed E-state index contributed by atoms with van der Waals surface area (Å²) in [6.45, 7) is 10.0. The van der Waals surface area contributed by atoms with E-state index in [4.69, 9.17) is 9.26 Å². The van der Waals surface area contributed by atoms with Gasteiger partial charge in [-0.25, -0.2) is 4.99 Å². The molecule has 5 rings (SSSR count). The maximum absolute atomic E-state index is 12.6.